The number of anilines is 1. The first-order chi connectivity index (χ1) is 8.66. The third-order valence-corrected chi connectivity index (χ3v) is 3.14. The van der Waals surface area contributed by atoms with E-state index >= 15 is 0 Å². The van der Waals surface area contributed by atoms with Crippen LogP contribution < -0.4 is 10.6 Å². The molecular weight excluding hydrogens is 220 g/mol. The van der Waals surface area contributed by atoms with E-state index in [1.807, 2.05) is 32.3 Å². The second-order valence-electron chi connectivity index (χ2n) is 4.78. The SMILES string of the molecule is CN(C)c1ccc(CC(N)c2ccccc2)cc1. The summed E-state index contributed by atoms with van der Waals surface area (Å²) in [6.45, 7) is 0. The quantitative estimate of drug-likeness (QED) is 0.890. The van der Waals surface area contributed by atoms with Crippen LogP contribution in [0, 0.1) is 0 Å². The van der Waals surface area contributed by atoms with Gasteiger partial charge in [0.1, 0.15) is 0 Å². The fourth-order valence-electron chi connectivity index (χ4n) is 2.00. The molecule has 2 heteroatoms. The lowest BCUT2D eigenvalue weighted by atomic mass is 9.99. The first kappa shape index (κ1) is 12.7. The molecule has 0 radical (unpaired) electrons. The van der Waals surface area contributed by atoms with Crippen molar-refractivity contribution in [2.45, 2.75) is 12.5 Å². The normalized spacial score (nSPS) is 12.2. The molecule has 0 fully saturated rings. The molecule has 1 atom stereocenters. The molecule has 2 nitrogen and oxygen atoms in total. The van der Waals surface area contributed by atoms with Crippen molar-refractivity contribution in [2.24, 2.45) is 5.73 Å². The maximum absolute atomic E-state index is 6.21. The zero-order chi connectivity index (χ0) is 13.0. The Bertz CT molecular complexity index is 474. The number of hydrogen-bond donors (Lipinski definition) is 1. The topological polar surface area (TPSA) is 29.3 Å². The van der Waals surface area contributed by atoms with Gasteiger partial charge in [0.05, 0.1) is 0 Å². The summed E-state index contributed by atoms with van der Waals surface area (Å²) in [7, 11) is 4.09. The van der Waals surface area contributed by atoms with Crippen LogP contribution in [0.25, 0.3) is 0 Å². The summed E-state index contributed by atoms with van der Waals surface area (Å²) in [5, 5.41) is 0. The number of nitrogens with two attached hydrogens (primary N) is 1. The maximum atomic E-state index is 6.21. The van der Waals surface area contributed by atoms with Crippen molar-refractivity contribution in [3.8, 4) is 0 Å². The van der Waals surface area contributed by atoms with Gasteiger partial charge >= 0.3 is 0 Å². The fraction of sp³-hybridized carbons (Fsp3) is 0.250. The molecule has 0 heterocycles. The number of benzene rings is 2. The smallest absolute Gasteiger partial charge is 0.0361 e. The van der Waals surface area contributed by atoms with E-state index in [0.717, 1.165) is 6.42 Å². The van der Waals surface area contributed by atoms with Crippen LogP contribution in [-0.2, 0) is 6.42 Å². The fourth-order valence-corrected chi connectivity index (χ4v) is 2.00. The van der Waals surface area contributed by atoms with Crippen molar-refractivity contribution in [3.05, 3.63) is 65.7 Å². The highest BCUT2D eigenvalue weighted by molar-refractivity contribution is 5.46. The van der Waals surface area contributed by atoms with E-state index in [4.69, 9.17) is 5.73 Å². The number of hydrogen-bond acceptors (Lipinski definition) is 2. The van der Waals surface area contributed by atoms with Crippen molar-refractivity contribution in [3.63, 3.8) is 0 Å². The summed E-state index contributed by atoms with van der Waals surface area (Å²) < 4.78 is 0. The largest absolute Gasteiger partial charge is 0.378 e. The van der Waals surface area contributed by atoms with Gasteiger partial charge in [-0.25, -0.2) is 0 Å². The second-order valence-corrected chi connectivity index (χ2v) is 4.78. The van der Waals surface area contributed by atoms with Crippen molar-refractivity contribution in [1.82, 2.24) is 0 Å². The van der Waals surface area contributed by atoms with Gasteiger partial charge in [-0.15, -0.1) is 0 Å². The Balaban J connectivity index is 2.05. The molecule has 18 heavy (non-hydrogen) atoms. The van der Waals surface area contributed by atoms with Crippen LogP contribution in [0.15, 0.2) is 54.6 Å². The highest BCUT2D eigenvalue weighted by atomic mass is 15.1. The Morgan fingerprint density at radius 2 is 1.56 bits per heavy atom. The van der Waals surface area contributed by atoms with Gasteiger partial charge in [-0.05, 0) is 29.7 Å². The van der Waals surface area contributed by atoms with Crippen LogP contribution in [0.1, 0.15) is 17.2 Å². The van der Waals surface area contributed by atoms with Gasteiger partial charge < -0.3 is 10.6 Å². The summed E-state index contributed by atoms with van der Waals surface area (Å²) >= 11 is 0. The number of nitrogens with zero attached hydrogens (tertiary/aromatic N) is 1. The van der Waals surface area contributed by atoms with Gasteiger partial charge in [0.25, 0.3) is 0 Å². The summed E-state index contributed by atoms with van der Waals surface area (Å²) in [5.74, 6) is 0. The molecule has 0 amide bonds. The molecule has 0 aliphatic rings. The first-order valence-electron chi connectivity index (χ1n) is 6.23. The monoisotopic (exact) mass is 240 g/mol. The predicted octanol–water partition coefficient (Wildman–Crippen LogP) is 3.00. The van der Waals surface area contributed by atoms with E-state index in [2.05, 4.69) is 41.3 Å². The van der Waals surface area contributed by atoms with Crippen molar-refractivity contribution in [1.29, 1.82) is 0 Å². The molecule has 94 valence electrons. The van der Waals surface area contributed by atoms with Gasteiger partial charge in [0.2, 0.25) is 0 Å². The molecule has 0 aliphatic carbocycles. The predicted molar refractivity (Wildman–Crippen MR) is 77.8 cm³/mol. The Kier molecular flexibility index (Phi) is 4.00. The van der Waals surface area contributed by atoms with E-state index in [1.54, 1.807) is 0 Å². The molecule has 0 saturated heterocycles. The highest BCUT2D eigenvalue weighted by Crippen LogP contribution is 2.18. The second kappa shape index (κ2) is 5.69. The van der Waals surface area contributed by atoms with Gasteiger partial charge in [-0.2, -0.15) is 0 Å². The summed E-state index contributed by atoms with van der Waals surface area (Å²) in [6, 6.07) is 18.9. The number of rotatable bonds is 4. The van der Waals surface area contributed by atoms with Crippen LogP contribution >= 0.6 is 0 Å². The molecule has 0 spiro atoms. The van der Waals surface area contributed by atoms with Crippen molar-refractivity contribution >= 4 is 5.69 Å². The standard InChI is InChI=1S/C16H20N2/c1-18(2)15-10-8-13(9-11-15)12-16(17)14-6-4-3-5-7-14/h3-11,16H,12,17H2,1-2H3. The molecule has 2 rings (SSSR count). The molecule has 0 aromatic heterocycles. The minimum absolute atomic E-state index is 0.0661. The first-order valence-corrected chi connectivity index (χ1v) is 6.23. The molecule has 2 aromatic rings. The van der Waals surface area contributed by atoms with Gasteiger partial charge in [-0.3, -0.25) is 0 Å². The summed E-state index contributed by atoms with van der Waals surface area (Å²) in [6.07, 6.45) is 0.873. The van der Waals surface area contributed by atoms with Gasteiger partial charge in [0, 0.05) is 25.8 Å². The van der Waals surface area contributed by atoms with Crippen LogP contribution in [-0.4, -0.2) is 14.1 Å². The Hall–Kier alpha value is -1.80. The maximum Gasteiger partial charge on any atom is 0.0361 e. The molecule has 1 unspecified atom stereocenters. The van der Waals surface area contributed by atoms with E-state index < -0.39 is 0 Å². The third-order valence-electron chi connectivity index (χ3n) is 3.14. The van der Waals surface area contributed by atoms with Crippen molar-refractivity contribution < 1.29 is 0 Å². The average Bonchev–Trinajstić information content (AvgIpc) is 2.40. The summed E-state index contributed by atoms with van der Waals surface area (Å²) in [5.41, 5.74) is 9.89. The van der Waals surface area contributed by atoms with Gasteiger partial charge in [-0.1, -0.05) is 42.5 Å². The lowest BCUT2D eigenvalue weighted by molar-refractivity contribution is 0.722. The van der Waals surface area contributed by atoms with Crippen LogP contribution in [0.4, 0.5) is 5.69 Å². The van der Waals surface area contributed by atoms with Crippen LogP contribution in [0.5, 0.6) is 0 Å². The van der Waals surface area contributed by atoms with Crippen molar-refractivity contribution in [2.75, 3.05) is 19.0 Å². The van der Waals surface area contributed by atoms with E-state index in [1.165, 1.54) is 16.8 Å². The lowest BCUT2D eigenvalue weighted by Gasteiger charge is -2.15. The molecule has 0 aliphatic heterocycles. The van der Waals surface area contributed by atoms with E-state index in [0.29, 0.717) is 0 Å². The molecule has 0 bridgehead atoms. The molecular formula is C16H20N2. The highest BCUT2D eigenvalue weighted by Gasteiger charge is 2.06. The zero-order valence-electron chi connectivity index (χ0n) is 11.0. The zero-order valence-corrected chi connectivity index (χ0v) is 11.0. The Morgan fingerprint density at radius 3 is 2.11 bits per heavy atom. The van der Waals surface area contributed by atoms with E-state index in [-0.39, 0.29) is 6.04 Å². The minimum Gasteiger partial charge on any atom is -0.378 e. The summed E-state index contributed by atoms with van der Waals surface area (Å²) in [4.78, 5) is 2.10. The van der Waals surface area contributed by atoms with Gasteiger partial charge in [0.15, 0.2) is 0 Å². The van der Waals surface area contributed by atoms with Crippen LogP contribution in [0.3, 0.4) is 0 Å². The molecule has 0 saturated carbocycles. The minimum atomic E-state index is 0.0661. The van der Waals surface area contributed by atoms with Crippen LogP contribution in [0.2, 0.25) is 0 Å². The lowest BCUT2D eigenvalue weighted by Crippen LogP contribution is -2.13. The average molecular weight is 240 g/mol. The Morgan fingerprint density at radius 1 is 0.944 bits per heavy atom. The molecule has 2 aromatic carbocycles. The molecule has 2 N–H and O–H groups in total. The Labute approximate surface area is 109 Å². The third kappa shape index (κ3) is 3.11. The van der Waals surface area contributed by atoms with E-state index in [9.17, 15) is 0 Å².